The molecule has 0 fully saturated rings. The second kappa shape index (κ2) is 9.31. The van der Waals surface area contributed by atoms with Crippen LogP contribution in [0.4, 0.5) is 0 Å². The van der Waals surface area contributed by atoms with E-state index in [2.05, 4.69) is 22.0 Å². The lowest BCUT2D eigenvalue weighted by Crippen LogP contribution is -2.27. The summed E-state index contributed by atoms with van der Waals surface area (Å²) < 4.78 is 13.3. The van der Waals surface area contributed by atoms with Crippen LogP contribution >= 0.6 is 0 Å². The maximum atomic E-state index is 12.4. The Hall–Kier alpha value is -2.95. The molecule has 2 aromatic carbocycles. The van der Waals surface area contributed by atoms with Crippen LogP contribution in [0.25, 0.3) is 10.9 Å². The van der Waals surface area contributed by atoms with E-state index in [4.69, 9.17) is 9.47 Å². The van der Waals surface area contributed by atoms with Gasteiger partial charge in [0.1, 0.15) is 0 Å². The molecule has 1 heterocycles. The molecule has 1 N–H and O–H groups in total. The molecule has 5 nitrogen and oxygen atoms in total. The molecule has 0 bridgehead atoms. The molecule has 0 atom stereocenters. The fourth-order valence-corrected chi connectivity index (χ4v) is 3.40. The largest absolute Gasteiger partial charge is 0.490 e. The predicted octanol–water partition coefficient (Wildman–Crippen LogP) is 3.88. The molecular weight excluding hydrogens is 352 g/mol. The summed E-state index contributed by atoms with van der Waals surface area (Å²) in [5.74, 6) is 1.55. The standard InChI is InChI=1S/C23H28N2O3/c1-4-27-21-11-10-17(14-22(21)28-5-2)12-13-24-23(26)15-18-16-25(3)20-9-7-6-8-19(18)20/h6-11,14,16H,4-5,12-13,15H2,1-3H3,(H,24,26). The summed E-state index contributed by atoms with van der Waals surface area (Å²) in [5, 5.41) is 4.16. The summed E-state index contributed by atoms with van der Waals surface area (Å²) in [6.45, 7) is 5.68. The van der Waals surface area contributed by atoms with Gasteiger partial charge < -0.3 is 19.4 Å². The maximum absolute atomic E-state index is 12.4. The van der Waals surface area contributed by atoms with Gasteiger partial charge in [-0.2, -0.15) is 0 Å². The van der Waals surface area contributed by atoms with E-state index >= 15 is 0 Å². The fraction of sp³-hybridized carbons (Fsp3) is 0.348. The topological polar surface area (TPSA) is 52.5 Å². The number of hydrogen-bond donors (Lipinski definition) is 1. The lowest BCUT2D eigenvalue weighted by atomic mass is 10.1. The maximum Gasteiger partial charge on any atom is 0.224 e. The third-order valence-corrected chi connectivity index (χ3v) is 4.67. The van der Waals surface area contributed by atoms with E-state index < -0.39 is 0 Å². The lowest BCUT2D eigenvalue weighted by Gasteiger charge is -2.12. The number of nitrogens with zero attached hydrogens (tertiary/aromatic N) is 1. The Morgan fingerprint density at radius 3 is 2.57 bits per heavy atom. The first-order valence-corrected chi connectivity index (χ1v) is 9.80. The number of para-hydroxylation sites is 1. The van der Waals surface area contributed by atoms with Crippen molar-refractivity contribution >= 4 is 16.8 Å². The van der Waals surface area contributed by atoms with Gasteiger partial charge in [0.15, 0.2) is 11.5 Å². The third kappa shape index (κ3) is 4.66. The normalized spacial score (nSPS) is 10.8. The van der Waals surface area contributed by atoms with Crippen molar-refractivity contribution in [3.63, 3.8) is 0 Å². The monoisotopic (exact) mass is 380 g/mol. The molecule has 1 amide bonds. The first-order chi connectivity index (χ1) is 13.6. The summed E-state index contributed by atoms with van der Waals surface area (Å²) in [7, 11) is 2.01. The first kappa shape index (κ1) is 19.8. The third-order valence-electron chi connectivity index (χ3n) is 4.67. The number of hydrogen-bond acceptors (Lipinski definition) is 3. The number of fused-ring (bicyclic) bond motifs is 1. The van der Waals surface area contributed by atoms with Gasteiger partial charge in [-0.05, 0) is 49.6 Å². The van der Waals surface area contributed by atoms with E-state index in [1.807, 2.05) is 57.4 Å². The zero-order chi connectivity index (χ0) is 19.9. The zero-order valence-corrected chi connectivity index (χ0v) is 16.8. The number of carbonyl (C=O) groups excluding carboxylic acids is 1. The molecule has 0 aliphatic rings. The molecule has 1 aromatic heterocycles. The molecule has 0 radical (unpaired) electrons. The average molecular weight is 380 g/mol. The zero-order valence-electron chi connectivity index (χ0n) is 16.8. The molecule has 0 unspecified atom stereocenters. The number of carbonyl (C=O) groups is 1. The molecule has 3 rings (SSSR count). The van der Waals surface area contributed by atoms with Crippen molar-refractivity contribution < 1.29 is 14.3 Å². The number of rotatable bonds is 9. The SMILES string of the molecule is CCOc1ccc(CCNC(=O)Cc2cn(C)c3ccccc23)cc1OCC. The summed E-state index contributed by atoms with van der Waals surface area (Å²) in [5.41, 5.74) is 3.30. The minimum Gasteiger partial charge on any atom is -0.490 e. The van der Waals surface area contributed by atoms with Gasteiger partial charge >= 0.3 is 0 Å². The number of benzene rings is 2. The van der Waals surface area contributed by atoms with Gasteiger partial charge in [0.25, 0.3) is 0 Å². The highest BCUT2D eigenvalue weighted by Crippen LogP contribution is 2.28. The molecule has 3 aromatic rings. The van der Waals surface area contributed by atoms with Crippen LogP contribution in [0.5, 0.6) is 11.5 Å². The number of nitrogens with one attached hydrogen (secondary N) is 1. The average Bonchev–Trinajstić information content (AvgIpc) is 3.00. The molecule has 0 saturated heterocycles. The molecule has 5 heteroatoms. The summed E-state index contributed by atoms with van der Waals surface area (Å²) in [4.78, 5) is 12.4. The predicted molar refractivity (Wildman–Crippen MR) is 112 cm³/mol. The van der Waals surface area contributed by atoms with E-state index in [1.165, 1.54) is 0 Å². The molecule has 0 spiro atoms. The highest BCUT2D eigenvalue weighted by atomic mass is 16.5. The fourth-order valence-electron chi connectivity index (χ4n) is 3.40. The second-order valence-electron chi connectivity index (χ2n) is 6.71. The van der Waals surface area contributed by atoms with Gasteiger partial charge in [0.2, 0.25) is 5.91 Å². The second-order valence-corrected chi connectivity index (χ2v) is 6.71. The van der Waals surface area contributed by atoms with Crippen molar-refractivity contribution in [1.82, 2.24) is 9.88 Å². The minimum atomic E-state index is 0.0346. The Labute approximate surface area is 166 Å². The quantitative estimate of drug-likeness (QED) is 0.613. The molecular formula is C23H28N2O3. The van der Waals surface area contributed by atoms with Crippen LogP contribution in [-0.4, -0.2) is 30.2 Å². The van der Waals surface area contributed by atoms with Crippen molar-refractivity contribution in [3.05, 3.63) is 59.8 Å². The van der Waals surface area contributed by atoms with Crippen LogP contribution in [0.1, 0.15) is 25.0 Å². The minimum absolute atomic E-state index is 0.0346. The van der Waals surface area contributed by atoms with Crippen LogP contribution in [0, 0.1) is 0 Å². The Kier molecular flexibility index (Phi) is 6.58. The Bertz CT molecular complexity index is 946. The highest BCUT2D eigenvalue weighted by molar-refractivity contribution is 5.89. The van der Waals surface area contributed by atoms with Gasteiger partial charge in [0, 0.05) is 30.7 Å². The van der Waals surface area contributed by atoms with E-state index in [0.29, 0.717) is 26.2 Å². The van der Waals surface area contributed by atoms with E-state index in [1.54, 1.807) is 0 Å². The van der Waals surface area contributed by atoms with Crippen molar-refractivity contribution in [2.75, 3.05) is 19.8 Å². The van der Waals surface area contributed by atoms with Crippen molar-refractivity contribution in [1.29, 1.82) is 0 Å². The number of ether oxygens (including phenoxy) is 2. The highest BCUT2D eigenvalue weighted by Gasteiger charge is 2.11. The smallest absolute Gasteiger partial charge is 0.224 e. The van der Waals surface area contributed by atoms with Crippen LogP contribution in [0.15, 0.2) is 48.7 Å². The Morgan fingerprint density at radius 2 is 1.79 bits per heavy atom. The van der Waals surface area contributed by atoms with Crippen LogP contribution < -0.4 is 14.8 Å². The van der Waals surface area contributed by atoms with Gasteiger partial charge in [-0.25, -0.2) is 0 Å². The molecule has 148 valence electrons. The van der Waals surface area contributed by atoms with E-state index in [9.17, 15) is 4.79 Å². The number of amides is 1. The molecule has 0 saturated carbocycles. The van der Waals surface area contributed by atoms with Gasteiger partial charge in [0.05, 0.1) is 19.6 Å². The van der Waals surface area contributed by atoms with Crippen LogP contribution in [-0.2, 0) is 24.7 Å². The molecule has 0 aliphatic carbocycles. The Morgan fingerprint density at radius 1 is 1.04 bits per heavy atom. The summed E-state index contributed by atoms with van der Waals surface area (Å²) >= 11 is 0. The van der Waals surface area contributed by atoms with Crippen molar-refractivity contribution in [3.8, 4) is 11.5 Å². The Balaban J connectivity index is 1.57. The van der Waals surface area contributed by atoms with Crippen molar-refractivity contribution in [2.24, 2.45) is 7.05 Å². The van der Waals surface area contributed by atoms with Crippen LogP contribution in [0.3, 0.4) is 0 Å². The molecule has 28 heavy (non-hydrogen) atoms. The van der Waals surface area contributed by atoms with E-state index in [0.717, 1.165) is 39.9 Å². The van der Waals surface area contributed by atoms with Gasteiger partial charge in [-0.15, -0.1) is 0 Å². The summed E-state index contributed by atoms with van der Waals surface area (Å²) in [6.07, 6.45) is 3.16. The number of aromatic nitrogens is 1. The van der Waals surface area contributed by atoms with Crippen molar-refractivity contribution in [2.45, 2.75) is 26.7 Å². The van der Waals surface area contributed by atoms with Gasteiger partial charge in [-0.3, -0.25) is 4.79 Å². The van der Waals surface area contributed by atoms with E-state index in [-0.39, 0.29) is 5.91 Å². The lowest BCUT2D eigenvalue weighted by molar-refractivity contribution is -0.120. The first-order valence-electron chi connectivity index (χ1n) is 9.80. The number of aryl methyl sites for hydroxylation is 1. The molecule has 0 aliphatic heterocycles. The summed E-state index contributed by atoms with van der Waals surface area (Å²) in [6, 6.07) is 14.1. The van der Waals surface area contributed by atoms with Crippen LogP contribution in [0.2, 0.25) is 0 Å². The van der Waals surface area contributed by atoms with Gasteiger partial charge in [-0.1, -0.05) is 24.3 Å².